The number of benzene rings is 1. The van der Waals surface area contributed by atoms with Gasteiger partial charge in [-0.2, -0.15) is 0 Å². The summed E-state index contributed by atoms with van der Waals surface area (Å²) in [6.45, 7) is 4.44. The van der Waals surface area contributed by atoms with E-state index in [0.717, 1.165) is 0 Å². The molecule has 0 saturated heterocycles. The normalized spacial score (nSPS) is 12.4. The largest absolute Gasteiger partial charge is 0.366 e. The molecule has 1 atom stereocenters. The van der Waals surface area contributed by atoms with Crippen LogP contribution < -0.4 is 5.73 Å². The Morgan fingerprint density at radius 3 is 2.71 bits per heavy atom. The molecule has 1 amide bonds. The number of nitrogens with two attached hydrogens (primary N) is 1. The molecular formula is C15H23NO. The van der Waals surface area contributed by atoms with E-state index in [1.807, 2.05) is 12.1 Å². The fraction of sp³-hybridized carbons (Fsp3) is 0.533. The Morgan fingerprint density at radius 1 is 1.29 bits per heavy atom. The Kier molecular flexibility index (Phi) is 5.75. The predicted molar refractivity (Wildman–Crippen MR) is 72.1 cm³/mol. The van der Waals surface area contributed by atoms with Crippen LogP contribution in [0.4, 0.5) is 0 Å². The molecule has 0 saturated carbocycles. The van der Waals surface area contributed by atoms with E-state index in [-0.39, 0.29) is 5.91 Å². The van der Waals surface area contributed by atoms with Gasteiger partial charge in [0.25, 0.3) is 0 Å². The molecule has 1 aromatic carbocycles. The summed E-state index contributed by atoms with van der Waals surface area (Å²) < 4.78 is 0. The molecule has 0 bridgehead atoms. The summed E-state index contributed by atoms with van der Waals surface area (Å²) >= 11 is 0. The minimum Gasteiger partial charge on any atom is -0.366 e. The van der Waals surface area contributed by atoms with Crippen LogP contribution in [0.3, 0.4) is 0 Å². The van der Waals surface area contributed by atoms with Crippen molar-refractivity contribution in [3.8, 4) is 0 Å². The average Bonchev–Trinajstić information content (AvgIpc) is 2.34. The van der Waals surface area contributed by atoms with E-state index in [4.69, 9.17) is 5.73 Å². The van der Waals surface area contributed by atoms with Crippen LogP contribution in [0.5, 0.6) is 0 Å². The molecule has 0 aromatic heterocycles. The summed E-state index contributed by atoms with van der Waals surface area (Å²) in [5.74, 6) is 0.163. The number of carbonyl (C=O) groups excluding carboxylic acids is 1. The van der Waals surface area contributed by atoms with Gasteiger partial charge < -0.3 is 5.73 Å². The molecule has 0 aliphatic carbocycles. The average molecular weight is 233 g/mol. The number of amides is 1. The first-order chi connectivity index (χ1) is 8.15. The molecule has 1 unspecified atom stereocenters. The summed E-state index contributed by atoms with van der Waals surface area (Å²) in [6.07, 6.45) is 6.33. The van der Waals surface area contributed by atoms with Crippen LogP contribution in [0.15, 0.2) is 24.3 Å². The maximum Gasteiger partial charge on any atom is 0.248 e. The number of primary amides is 1. The number of hydrogen-bond acceptors (Lipinski definition) is 1. The van der Waals surface area contributed by atoms with E-state index in [9.17, 15) is 4.79 Å². The highest BCUT2D eigenvalue weighted by atomic mass is 16.1. The topological polar surface area (TPSA) is 43.1 Å². The Balaban J connectivity index is 2.53. The van der Waals surface area contributed by atoms with E-state index in [2.05, 4.69) is 19.9 Å². The van der Waals surface area contributed by atoms with Gasteiger partial charge in [-0.05, 0) is 30.0 Å². The smallest absolute Gasteiger partial charge is 0.248 e. The second kappa shape index (κ2) is 7.10. The van der Waals surface area contributed by atoms with E-state index >= 15 is 0 Å². The molecule has 0 spiro atoms. The number of rotatable bonds is 7. The minimum atomic E-state index is -0.343. The zero-order valence-corrected chi connectivity index (χ0v) is 10.9. The SMILES string of the molecule is CCCCCCC(C)c1cccc(C(N)=O)c1. The van der Waals surface area contributed by atoms with Crippen LogP contribution in [0, 0.1) is 0 Å². The third kappa shape index (κ3) is 4.59. The summed E-state index contributed by atoms with van der Waals surface area (Å²) in [5, 5.41) is 0. The molecule has 0 aliphatic heterocycles. The van der Waals surface area contributed by atoms with Gasteiger partial charge in [-0.3, -0.25) is 4.79 Å². The maximum atomic E-state index is 11.1. The highest BCUT2D eigenvalue weighted by Crippen LogP contribution is 2.22. The number of carbonyl (C=O) groups is 1. The molecule has 2 heteroatoms. The van der Waals surface area contributed by atoms with E-state index in [1.165, 1.54) is 37.7 Å². The van der Waals surface area contributed by atoms with Gasteiger partial charge in [0.05, 0.1) is 0 Å². The van der Waals surface area contributed by atoms with Crippen molar-refractivity contribution < 1.29 is 4.79 Å². The van der Waals surface area contributed by atoms with Crippen LogP contribution in [0.1, 0.15) is 67.8 Å². The van der Waals surface area contributed by atoms with Crippen molar-refractivity contribution in [3.05, 3.63) is 35.4 Å². The molecule has 1 rings (SSSR count). The van der Waals surface area contributed by atoms with Crippen LogP contribution in [-0.2, 0) is 0 Å². The number of unbranched alkanes of at least 4 members (excludes halogenated alkanes) is 3. The quantitative estimate of drug-likeness (QED) is 0.714. The van der Waals surface area contributed by atoms with Crippen molar-refractivity contribution in [2.75, 3.05) is 0 Å². The van der Waals surface area contributed by atoms with Gasteiger partial charge in [0.2, 0.25) is 5.91 Å². The Hall–Kier alpha value is -1.31. The monoisotopic (exact) mass is 233 g/mol. The lowest BCUT2D eigenvalue weighted by atomic mass is 9.93. The lowest BCUT2D eigenvalue weighted by Crippen LogP contribution is -2.11. The van der Waals surface area contributed by atoms with Gasteiger partial charge in [-0.25, -0.2) is 0 Å². The van der Waals surface area contributed by atoms with Gasteiger partial charge in [-0.1, -0.05) is 51.7 Å². The van der Waals surface area contributed by atoms with Crippen LogP contribution in [-0.4, -0.2) is 5.91 Å². The molecule has 0 aliphatic rings. The zero-order valence-electron chi connectivity index (χ0n) is 10.9. The van der Waals surface area contributed by atoms with Crippen molar-refractivity contribution in [1.82, 2.24) is 0 Å². The summed E-state index contributed by atoms with van der Waals surface area (Å²) in [7, 11) is 0. The Bertz CT molecular complexity index is 360. The molecule has 0 fully saturated rings. The lowest BCUT2D eigenvalue weighted by Gasteiger charge is -2.12. The standard InChI is InChI=1S/C15H23NO/c1-3-4-5-6-8-12(2)13-9-7-10-14(11-13)15(16)17/h7,9-12H,3-6,8H2,1-2H3,(H2,16,17). The molecule has 17 heavy (non-hydrogen) atoms. The molecule has 94 valence electrons. The van der Waals surface area contributed by atoms with Crippen LogP contribution >= 0.6 is 0 Å². The highest BCUT2D eigenvalue weighted by Gasteiger charge is 2.07. The first kappa shape index (κ1) is 13.8. The van der Waals surface area contributed by atoms with Gasteiger partial charge >= 0.3 is 0 Å². The van der Waals surface area contributed by atoms with Crippen LogP contribution in [0.25, 0.3) is 0 Å². The van der Waals surface area contributed by atoms with Crippen molar-refractivity contribution >= 4 is 5.91 Å². The van der Waals surface area contributed by atoms with Gasteiger partial charge in [0, 0.05) is 5.56 Å². The highest BCUT2D eigenvalue weighted by molar-refractivity contribution is 5.92. The third-order valence-electron chi connectivity index (χ3n) is 3.23. The zero-order chi connectivity index (χ0) is 12.7. The first-order valence-electron chi connectivity index (χ1n) is 6.55. The fourth-order valence-electron chi connectivity index (χ4n) is 2.04. The maximum absolute atomic E-state index is 11.1. The van der Waals surface area contributed by atoms with Crippen molar-refractivity contribution in [3.63, 3.8) is 0 Å². The Labute approximate surface area is 104 Å². The minimum absolute atomic E-state index is 0.343. The van der Waals surface area contributed by atoms with Gasteiger partial charge in [-0.15, -0.1) is 0 Å². The van der Waals surface area contributed by atoms with Crippen LogP contribution in [0.2, 0.25) is 0 Å². The third-order valence-corrected chi connectivity index (χ3v) is 3.23. The van der Waals surface area contributed by atoms with Crippen molar-refractivity contribution in [2.45, 2.75) is 51.9 Å². The van der Waals surface area contributed by atoms with Gasteiger partial charge in [0.1, 0.15) is 0 Å². The predicted octanol–water partition coefficient (Wildman–Crippen LogP) is 3.86. The lowest BCUT2D eigenvalue weighted by molar-refractivity contribution is 0.1000. The molecule has 1 aromatic rings. The second-order valence-electron chi connectivity index (χ2n) is 4.74. The molecular weight excluding hydrogens is 210 g/mol. The second-order valence-corrected chi connectivity index (χ2v) is 4.74. The molecule has 2 N–H and O–H groups in total. The summed E-state index contributed by atoms with van der Waals surface area (Å²) in [4.78, 5) is 11.1. The van der Waals surface area contributed by atoms with Crippen molar-refractivity contribution in [1.29, 1.82) is 0 Å². The van der Waals surface area contributed by atoms with E-state index in [1.54, 1.807) is 6.07 Å². The first-order valence-corrected chi connectivity index (χ1v) is 6.55. The van der Waals surface area contributed by atoms with E-state index in [0.29, 0.717) is 11.5 Å². The molecule has 2 nitrogen and oxygen atoms in total. The molecule has 0 heterocycles. The number of hydrogen-bond donors (Lipinski definition) is 1. The molecule has 0 radical (unpaired) electrons. The summed E-state index contributed by atoms with van der Waals surface area (Å²) in [6, 6.07) is 7.69. The van der Waals surface area contributed by atoms with E-state index < -0.39 is 0 Å². The van der Waals surface area contributed by atoms with Gasteiger partial charge in [0.15, 0.2) is 0 Å². The van der Waals surface area contributed by atoms with Crippen molar-refractivity contribution in [2.24, 2.45) is 5.73 Å². The summed E-state index contributed by atoms with van der Waals surface area (Å²) in [5.41, 5.74) is 7.12. The Morgan fingerprint density at radius 2 is 2.06 bits per heavy atom. The fourth-order valence-corrected chi connectivity index (χ4v) is 2.04.